The minimum Gasteiger partial charge on any atom is -0.406 e. The number of urea groups is 1. The first kappa shape index (κ1) is 30.4. The van der Waals surface area contributed by atoms with E-state index in [4.69, 9.17) is 0 Å². The van der Waals surface area contributed by atoms with E-state index in [1.807, 2.05) is 32.0 Å². The topological polar surface area (TPSA) is 105 Å². The highest BCUT2D eigenvalue weighted by Gasteiger charge is 2.33. The van der Waals surface area contributed by atoms with E-state index < -0.39 is 12.4 Å². The Kier molecular flexibility index (Phi) is 9.23. The molecule has 0 unspecified atom stereocenters. The van der Waals surface area contributed by atoms with Crippen molar-refractivity contribution < 1.29 is 27.5 Å². The molecule has 10 nitrogen and oxygen atoms in total. The number of alkyl halides is 3. The second kappa shape index (κ2) is 13.1. The van der Waals surface area contributed by atoms with E-state index >= 15 is 0 Å². The summed E-state index contributed by atoms with van der Waals surface area (Å²) in [5, 5.41) is 7.76. The van der Waals surface area contributed by atoms with Crippen LogP contribution in [0.2, 0.25) is 0 Å². The van der Waals surface area contributed by atoms with Gasteiger partial charge in [0.1, 0.15) is 12.1 Å². The maximum absolute atomic E-state index is 12.7. The van der Waals surface area contributed by atoms with Crippen LogP contribution in [-0.2, 0) is 11.2 Å². The Morgan fingerprint density at radius 2 is 1.91 bits per heavy atom. The van der Waals surface area contributed by atoms with E-state index in [2.05, 4.69) is 30.0 Å². The van der Waals surface area contributed by atoms with E-state index in [0.29, 0.717) is 29.3 Å². The number of piperidine rings is 1. The SMILES string of the molecule is CCc1cccc(C)c1N1C(=O)CSC1=NC(=O)NCCC1CCN(c2ncn(-c3ccc(OC(F)(F)F)cc3)n2)CC1. The molecule has 3 aromatic rings. The van der Waals surface area contributed by atoms with Crippen LogP contribution >= 0.6 is 11.8 Å². The van der Waals surface area contributed by atoms with Crippen LogP contribution in [0.5, 0.6) is 5.75 Å². The Labute approximate surface area is 251 Å². The molecule has 0 spiro atoms. The maximum atomic E-state index is 12.7. The van der Waals surface area contributed by atoms with Crippen LogP contribution < -0.4 is 19.9 Å². The summed E-state index contributed by atoms with van der Waals surface area (Å²) in [6.45, 7) is 5.95. The number of hydrogen-bond acceptors (Lipinski definition) is 7. The van der Waals surface area contributed by atoms with Gasteiger partial charge in [-0.05, 0) is 73.9 Å². The number of ether oxygens (including phenoxy) is 1. The Bertz CT molecular complexity index is 1490. The molecule has 2 fully saturated rings. The molecule has 0 saturated carbocycles. The number of nitrogens with one attached hydrogen (secondary N) is 1. The number of nitrogens with zero attached hydrogens (tertiary/aromatic N) is 6. The van der Waals surface area contributed by atoms with Gasteiger partial charge in [0, 0.05) is 19.6 Å². The zero-order valence-corrected chi connectivity index (χ0v) is 24.6. The van der Waals surface area contributed by atoms with Crippen molar-refractivity contribution in [2.45, 2.75) is 45.9 Å². The lowest BCUT2D eigenvalue weighted by atomic mass is 9.94. The number of amides is 3. The molecule has 2 aromatic carbocycles. The standard InChI is InChI=1S/C29H32F3N7O3S/c1-3-21-6-4-5-19(2)25(21)39-24(40)17-43-28(39)35-27(41)33-14-11-20-12-15-37(16-13-20)26-34-18-38(36-26)22-7-9-23(10-8-22)42-29(30,31)32/h4-10,18,20H,3,11-17H2,1-2H3,(H,33,41). The fraction of sp³-hybridized carbons (Fsp3) is 0.414. The lowest BCUT2D eigenvalue weighted by Crippen LogP contribution is -2.36. The average molecular weight is 616 g/mol. The van der Waals surface area contributed by atoms with Crippen LogP contribution in [-0.4, -0.2) is 63.6 Å². The first-order valence-corrected chi connectivity index (χ1v) is 15.0. The van der Waals surface area contributed by atoms with Gasteiger partial charge in [0.25, 0.3) is 0 Å². The third-order valence-corrected chi connectivity index (χ3v) is 8.35. The van der Waals surface area contributed by atoms with Gasteiger partial charge in [0.05, 0.1) is 17.1 Å². The van der Waals surface area contributed by atoms with E-state index in [1.165, 1.54) is 47.0 Å². The monoisotopic (exact) mass is 615 g/mol. The van der Waals surface area contributed by atoms with Crippen LogP contribution in [0.3, 0.4) is 0 Å². The summed E-state index contributed by atoms with van der Waals surface area (Å²) in [5.74, 6) is 0.819. The maximum Gasteiger partial charge on any atom is 0.573 e. The number of para-hydroxylation sites is 1. The molecule has 5 rings (SSSR count). The van der Waals surface area contributed by atoms with Gasteiger partial charge in [-0.2, -0.15) is 9.98 Å². The Hall–Kier alpha value is -4.07. The number of aryl methyl sites for hydroxylation is 2. The molecule has 14 heteroatoms. The van der Waals surface area contributed by atoms with Crippen molar-refractivity contribution in [3.8, 4) is 11.4 Å². The van der Waals surface area contributed by atoms with Gasteiger partial charge in [-0.15, -0.1) is 18.3 Å². The van der Waals surface area contributed by atoms with Crippen LogP contribution in [0.15, 0.2) is 53.8 Å². The largest absolute Gasteiger partial charge is 0.573 e. The van der Waals surface area contributed by atoms with Crippen LogP contribution in [0.4, 0.5) is 29.6 Å². The number of anilines is 2. The Balaban J connectivity index is 1.09. The first-order valence-electron chi connectivity index (χ1n) is 14.0. The van der Waals surface area contributed by atoms with Gasteiger partial charge in [-0.1, -0.05) is 36.9 Å². The molecular formula is C29H32F3N7O3S. The second-order valence-corrected chi connectivity index (χ2v) is 11.3. The normalized spacial score (nSPS) is 17.1. The van der Waals surface area contributed by atoms with Crippen molar-refractivity contribution in [3.63, 3.8) is 0 Å². The summed E-state index contributed by atoms with van der Waals surface area (Å²) in [6, 6.07) is 10.9. The molecule has 0 atom stereocenters. The number of benzene rings is 2. The van der Waals surface area contributed by atoms with E-state index in [9.17, 15) is 22.8 Å². The fourth-order valence-corrected chi connectivity index (χ4v) is 6.10. The van der Waals surface area contributed by atoms with Gasteiger partial charge in [0.15, 0.2) is 5.17 Å². The molecule has 2 aliphatic rings. The third-order valence-electron chi connectivity index (χ3n) is 7.43. The lowest BCUT2D eigenvalue weighted by molar-refractivity contribution is -0.274. The fourth-order valence-electron chi connectivity index (χ4n) is 5.25. The van der Waals surface area contributed by atoms with Crippen molar-refractivity contribution in [2.24, 2.45) is 10.9 Å². The van der Waals surface area contributed by atoms with Crippen molar-refractivity contribution in [1.29, 1.82) is 0 Å². The number of thioether (sulfide) groups is 1. The molecule has 2 aliphatic heterocycles. The summed E-state index contributed by atoms with van der Waals surface area (Å²) in [5.41, 5.74) is 3.37. The minimum absolute atomic E-state index is 0.0833. The molecule has 0 aliphatic carbocycles. The highest BCUT2D eigenvalue weighted by molar-refractivity contribution is 8.15. The number of halogens is 3. The van der Waals surface area contributed by atoms with Gasteiger partial charge < -0.3 is 15.0 Å². The molecule has 228 valence electrons. The molecule has 3 heterocycles. The predicted octanol–water partition coefficient (Wildman–Crippen LogP) is 5.49. The van der Waals surface area contributed by atoms with Gasteiger partial charge in [-0.3, -0.25) is 9.69 Å². The van der Waals surface area contributed by atoms with Crippen LogP contribution in [0.1, 0.15) is 37.3 Å². The second-order valence-electron chi connectivity index (χ2n) is 10.3. The summed E-state index contributed by atoms with van der Waals surface area (Å²) >= 11 is 1.27. The number of aliphatic imine (C=N–C) groups is 1. The molecule has 43 heavy (non-hydrogen) atoms. The van der Waals surface area contributed by atoms with Crippen LogP contribution in [0.25, 0.3) is 5.69 Å². The van der Waals surface area contributed by atoms with Gasteiger partial charge in [0.2, 0.25) is 11.9 Å². The Morgan fingerprint density at radius 3 is 2.60 bits per heavy atom. The van der Waals surface area contributed by atoms with Crippen molar-refractivity contribution in [3.05, 3.63) is 59.9 Å². The molecule has 1 aromatic heterocycles. The zero-order chi connectivity index (χ0) is 30.6. The number of carbonyl (C=O) groups excluding carboxylic acids is 2. The average Bonchev–Trinajstić information content (AvgIpc) is 3.60. The van der Waals surface area contributed by atoms with E-state index in [0.717, 1.165) is 55.6 Å². The molecular weight excluding hydrogens is 583 g/mol. The van der Waals surface area contributed by atoms with Gasteiger partial charge >= 0.3 is 12.4 Å². The van der Waals surface area contributed by atoms with Crippen molar-refractivity contribution >= 4 is 40.5 Å². The number of rotatable bonds is 8. The van der Waals surface area contributed by atoms with Crippen molar-refractivity contribution in [2.75, 3.05) is 35.2 Å². The molecule has 1 N–H and O–H groups in total. The van der Waals surface area contributed by atoms with Gasteiger partial charge in [-0.25, -0.2) is 9.48 Å². The molecule has 0 radical (unpaired) electrons. The highest BCUT2D eigenvalue weighted by Crippen LogP contribution is 2.33. The molecule has 3 amide bonds. The predicted molar refractivity (Wildman–Crippen MR) is 159 cm³/mol. The van der Waals surface area contributed by atoms with E-state index in [1.54, 1.807) is 4.90 Å². The molecule has 2 saturated heterocycles. The third kappa shape index (κ3) is 7.48. The Morgan fingerprint density at radius 1 is 1.16 bits per heavy atom. The van der Waals surface area contributed by atoms with E-state index in [-0.39, 0.29) is 17.4 Å². The first-order chi connectivity index (χ1) is 20.6. The number of hydrogen-bond donors (Lipinski definition) is 1. The highest BCUT2D eigenvalue weighted by atomic mass is 32.2. The summed E-state index contributed by atoms with van der Waals surface area (Å²) < 4.78 is 42.6. The summed E-state index contributed by atoms with van der Waals surface area (Å²) in [6.07, 6.45) is 0.137. The quantitative estimate of drug-likeness (QED) is 0.358. The lowest BCUT2D eigenvalue weighted by Gasteiger charge is -2.31. The van der Waals surface area contributed by atoms with Crippen molar-refractivity contribution in [1.82, 2.24) is 20.1 Å². The van der Waals surface area contributed by atoms with Crippen LogP contribution in [0, 0.1) is 12.8 Å². The minimum atomic E-state index is -4.74. The number of carbonyl (C=O) groups is 2. The smallest absolute Gasteiger partial charge is 0.406 e. The summed E-state index contributed by atoms with van der Waals surface area (Å²) in [7, 11) is 0. The zero-order valence-electron chi connectivity index (χ0n) is 23.8. The number of aromatic nitrogens is 3. The summed E-state index contributed by atoms with van der Waals surface area (Å²) in [4.78, 5) is 37.6. The molecule has 0 bridgehead atoms. The number of amidine groups is 1.